The van der Waals surface area contributed by atoms with E-state index in [1.165, 1.54) is 16.7 Å². The Hall–Kier alpha value is -2.22. The van der Waals surface area contributed by atoms with Crippen LogP contribution < -0.4 is 9.47 Å². The monoisotopic (exact) mass is 266 g/mol. The van der Waals surface area contributed by atoms with Crippen LogP contribution in [0.15, 0.2) is 60.7 Å². The summed E-state index contributed by atoms with van der Waals surface area (Å²) in [5.74, 6) is 1.76. The molecule has 0 bridgehead atoms. The summed E-state index contributed by atoms with van der Waals surface area (Å²) < 4.78 is 10.5. The Bertz CT molecular complexity index is 576. The summed E-state index contributed by atoms with van der Waals surface area (Å²) >= 11 is 0. The van der Waals surface area contributed by atoms with E-state index in [0.29, 0.717) is 0 Å². The molecule has 2 aromatic rings. The fraction of sp³-hybridized carbons (Fsp3) is 0.222. The van der Waals surface area contributed by atoms with Gasteiger partial charge in [-0.1, -0.05) is 36.4 Å². The van der Waals surface area contributed by atoms with Crippen LogP contribution >= 0.6 is 0 Å². The van der Waals surface area contributed by atoms with E-state index < -0.39 is 0 Å². The van der Waals surface area contributed by atoms with E-state index in [1.807, 2.05) is 24.3 Å². The first-order valence-corrected chi connectivity index (χ1v) is 6.68. The van der Waals surface area contributed by atoms with Gasteiger partial charge >= 0.3 is 0 Å². The first-order valence-electron chi connectivity index (χ1n) is 6.68. The average molecular weight is 266 g/mol. The van der Waals surface area contributed by atoms with Gasteiger partial charge in [-0.05, 0) is 41.8 Å². The number of ether oxygens (including phenoxy) is 2. The first-order chi connectivity index (χ1) is 9.70. The molecule has 102 valence electrons. The van der Waals surface area contributed by atoms with Crippen LogP contribution in [0, 0.1) is 0 Å². The van der Waals surface area contributed by atoms with Gasteiger partial charge in [-0.25, -0.2) is 0 Å². The van der Waals surface area contributed by atoms with Crippen LogP contribution in [-0.4, -0.2) is 14.2 Å². The van der Waals surface area contributed by atoms with Crippen molar-refractivity contribution in [3.8, 4) is 11.5 Å². The molecule has 1 fully saturated rings. The molecule has 1 aliphatic carbocycles. The molecule has 0 radical (unpaired) electrons. The predicted octanol–water partition coefficient (Wildman–Crippen LogP) is 3.95. The minimum Gasteiger partial charge on any atom is -0.497 e. The molecular weight excluding hydrogens is 248 g/mol. The minimum atomic E-state index is -0.0292. The molecule has 0 spiro atoms. The predicted molar refractivity (Wildman–Crippen MR) is 80.5 cm³/mol. The Kier molecular flexibility index (Phi) is 3.01. The summed E-state index contributed by atoms with van der Waals surface area (Å²) in [6.45, 7) is 4.20. The fourth-order valence-corrected chi connectivity index (χ4v) is 2.81. The van der Waals surface area contributed by atoms with Crippen molar-refractivity contribution in [3.63, 3.8) is 0 Å². The van der Waals surface area contributed by atoms with Crippen LogP contribution in [0.5, 0.6) is 11.5 Å². The van der Waals surface area contributed by atoms with Gasteiger partial charge in [-0.15, -0.1) is 0 Å². The maximum atomic E-state index is 5.23. The molecule has 0 unspecified atom stereocenters. The van der Waals surface area contributed by atoms with Crippen LogP contribution in [-0.2, 0) is 5.41 Å². The van der Waals surface area contributed by atoms with Crippen molar-refractivity contribution >= 4 is 0 Å². The number of methoxy groups -OCH3 is 2. The molecule has 0 heterocycles. The van der Waals surface area contributed by atoms with Gasteiger partial charge in [0.05, 0.1) is 14.2 Å². The van der Waals surface area contributed by atoms with E-state index >= 15 is 0 Å². The van der Waals surface area contributed by atoms with Crippen LogP contribution in [0.3, 0.4) is 0 Å². The first kappa shape index (κ1) is 12.8. The van der Waals surface area contributed by atoms with Gasteiger partial charge in [0.1, 0.15) is 11.5 Å². The SMILES string of the molecule is C=C1CC1(c1ccc(OC)cc1)c1ccc(OC)cc1. The molecular formula is C18H18O2. The van der Waals surface area contributed by atoms with E-state index in [-0.39, 0.29) is 5.41 Å². The molecule has 1 aliphatic rings. The van der Waals surface area contributed by atoms with Crippen molar-refractivity contribution < 1.29 is 9.47 Å². The topological polar surface area (TPSA) is 18.5 Å². The third-order valence-corrected chi connectivity index (χ3v) is 4.12. The van der Waals surface area contributed by atoms with E-state index in [9.17, 15) is 0 Å². The van der Waals surface area contributed by atoms with E-state index in [0.717, 1.165) is 17.9 Å². The number of benzene rings is 2. The number of allylic oxidation sites excluding steroid dienone is 1. The Morgan fingerprint density at radius 1 is 0.800 bits per heavy atom. The highest BCUT2D eigenvalue weighted by molar-refractivity contribution is 5.60. The highest BCUT2D eigenvalue weighted by atomic mass is 16.5. The standard InChI is InChI=1S/C18H18O2/c1-13-12-18(13,14-4-8-16(19-2)9-5-14)15-6-10-17(20-3)11-7-15/h4-11H,1,12H2,2-3H3. The molecule has 2 nitrogen and oxygen atoms in total. The molecule has 0 saturated heterocycles. The fourth-order valence-electron chi connectivity index (χ4n) is 2.81. The Labute approximate surface area is 119 Å². The maximum absolute atomic E-state index is 5.23. The molecule has 0 aromatic heterocycles. The highest BCUT2D eigenvalue weighted by Gasteiger charge is 2.50. The lowest BCUT2D eigenvalue weighted by Gasteiger charge is -2.17. The Balaban J connectivity index is 2.00. The molecule has 3 rings (SSSR count). The normalized spacial score (nSPS) is 15.8. The third kappa shape index (κ3) is 1.88. The van der Waals surface area contributed by atoms with Crippen molar-refractivity contribution in [1.29, 1.82) is 0 Å². The molecule has 0 N–H and O–H groups in total. The lowest BCUT2D eigenvalue weighted by molar-refractivity contribution is 0.414. The molecule has 0 aliphatic heterocycles. The average Bonchev–Trinajstić information content (AvgIpc) is 3.20. The summed E-state index contributed by atoms with van der Waals surface area (Å²) in [5, 5.41) is 0. The van der Waals surface area contributed by atoms with Gasteiger partial charge in [0.2, 0.25) is 0 Å². The van der Waals surface area contributed by atoms with Crippen LogP contribution in [0.2, 0.25) is 0 Å². The molecule has 0 amide bonds. The number of rotatable bonds is 4. The third-order valence-electron chi connectivity index (χ3n) is 4.12. The second-order valence-electron chi connectivity index (χ2n) is 5.14. The minimum absolute atomic E-state index is 0.0292. The van der Waals surface area contributed by atoms with Crippen LogP contribution in [0.4, 0.5) is 0 Å². The molecule has 2 heteroatoms. The van der Waals surface area contributed by atoms with E-state index in [1.54, 1.807) is 14.2 Å². The van der Waals surface area contributed by atoms with Gasteiger partial charge < -0.3 is 9.47 Å². The Morgan fingerprint density at radius 2 is 1.15 bits per heavy atom. The zero-order chi connectivity index (χ0) is 14.2. The molecule has 20 heavy (non-hydrogen) atoms. The summed E-state index contributed by atoms with van der Waals surface area (Å²) in [6, 6.07) is 16.5. The molecule has 0 atom stereocenters. The van der Waals surface area contributed by atoms with Crippen LogP contribution in [0.1, 0.15) is 17.5 Å². The largest absolute Gasteiger partial charge is 0.497 e. The quantitative estimate of drug-likeness (QED) is 0.780. The van der Waals surface area contributed by atoms with Crippen molar-refractivity contribution in [2.45, 2.75) is 11.8 Å². The Morgan fingerprint density at radius 3 is 1.40 bits per heavy atom. The lowest BCUT2D eigenvalue weighted by Crippen LogP contribution is -2.09. The molecule has 2 aromatic carbocycles. The lowest BCUT2D eigenvalue weighted by atomic mass is 9.87. The van der Waals surface area contributed by atoms with Crippen molar-refractivity contribution in [3.05, 3.63) is 71.8 Å². The summed E-state index contributed by atoms with van der Waals surface area (Å²) in [7, 11) is 3.37. The highest BCUT2D eigenvalue weighted by Crippen LogP contribution is 2.57. The van der Waals surface area contributed by atoms with Gasteiger partial charge in [0, 0.05) is 5.41 Å². The molecule has 1 saturated carbocycles. The van der Waals surface area contributed by atoms with Gasteiger partial charge in [-0.3, -0.25) is 0 Å². The van der Waals surface area contributed by atoms with Gasteiger partial charge in [0.15, 0.2) is 0 Å². The van der Waals surface area contributed by atoms with E-state index in [2.05, 4.69) is 30.8 Å². The second kappa shape index (κ2) is 4.71. The summed E-state index contributed by atoms with van der Waals surface area (Å²) in [5.41, 5.74) is 3.77. The van der Waals surface area contributed by atoms with Crippen molar-refractivity contribution in [2.75, 3.05) is 14.2 Å². The zero-order valence-corrected chi connectivity index (χ0v) is 11.8. The smallest absolute Gasteiger partial charge is 0.118 e. The van der Waals surface area contributed by atoms with E-state index in [4.69, 9.17) is 9.47 Å². The van der Waals surface area contributed by atoms with Crippen molar-refractivity contribution in [2.24, 2.45) is 0 Å². The maximum Gasteiger partial charge on any atom is 0.118 e. The second-order valence-corrected chi connectivity index (χ2v) is 5.14. The van der Waals surface area contributed by atoms with Crippen LogP contribution in [0.25, 0.3) is 0 Å². The number of hydrogen-bond donors (Lipinski definition) is 0. The summed E-state index contributed by atoms with van der Waals surface area (Å²) in [4.78, 5) is 0. The number of hydrogen-bond acceptors (Lipinski definition) is 2. The zero-order valence-electron chi connectivity index (χ0n) is 11.8. The van der Waals surface area contributed by atoms with Gasteiger partial charge in [0.25, 0.3) is 0 Å². The van der Waals surface area contributed by atoms with Crippen molar-refractivity contribution in [1.82, 2.24) is 0 Å². The van der Waals surface area contributed by atoms with Gasteiger partial charge in [-0.2, -0.15) is 0 Å². The summed E-state index contributed by atoms with van der Waals surface area (Å²) in [6.07, 6.45) is 1.01.